The maximum absolute atomic E-state index is 12.2. The Hall–Kier alpha value is -2.82. The summed E-state index contributed by atoms with van der Waals surface area (Å²) in [5, 5.41) is 11.1. The van der Waals surface area contributed by atoms with E-state index in [1.165, 1.54) is 12.1 Å². The number of aliphatic imine (C=N–C) groups is 1. The molecule has 1 atom stereocenters. The number of guanidine groups is 1. The van der Waals surface area contributed by atoms with Gasteiger partial charge in [0.05, 0.1) is 6.54 Å². The van der Waals surface area contributed by atoms with Gasteiger partial charge in [-0.15, -0.1) is 13.2 Å². The van der Waals surface area contributed by atoms with Crippen LogP contribution in [0.2, 0.25) is 0 Å². The van der Waals surface area contributed by atoms with Crippen molar-refractivity contribution in [3.05, 3.63) is 41.5 Å². The van der Waals surface area contributed by atoms with Crippen molar-refractivity contribution in [2.24, 2.45) is 4.99 Å². The highest BCUT2D eigenvalue weighted by atomic mass is 19.4. The number of ether oxygens (including phenoxy) is 2. The molecular formula is C20H27F3N6O2. The fourth-order valence-electron chi connectivity index (χ4n) is 3.34. The second-order valence-electron chi connectivity index (χ2n) is 7.14. The number of fused-ring (bicyclic) bond motifs is 1. The van der Waals surface area contributed by atoms with Crippen LogP contribution >= 0.6 is 0 Å². The quantitative estimate of drug-likeness (QED) is 0.485. The highest BCUT2D eigenvalue weighted by molar-refractivity contribution is 5.80. The molecule has 1 unspecified atom stereocenters. The van der Waals surface area contributed by atoms with Crippen molar-refractivity contribution in [1.29, 1.82) is 0 Å². The smallest absolute Gasteiger partial charge is 0.406 e. The fourth-order valence-corrected chi connectivity index (χ4v) is 3.34. The van der Waals surface area contributed by atoms with Crippen LogP contribution in [0.5, 0.6) is 5.75 Å². The number of aromatic nitrogens is 3. The number of alkyl halides is 3. The summed E-state index contributed by atoms with van der Waals surface area (Å²) >= 11 is 0. The molecule has 170 valence electrons. The third kappa shape index (κ3) is 7.12. The second kappa shape index (κ2) is 10.5. The number of hydrogen-bond acceptors (Lipinski definition) is 5. The fraction of sp³-hybridized carbons (Fsp3) is 0.550. The lowest BCUT2D eigenvalue weighted by Crippen LogP contribution is -2.47. The predicted octanol–water partition coefficient (Wildman–Crippen LogP) is 2.44. The number of halogens is 3. The predicted molar refractivity (Wildman–Crippen MR) is 109 cm³/mol. The van der Waals surface area contributed by atoms with E-state index in [2.05, 4.69) is 30.4 Å². The third-order valence-electron chi connectivity index (χ3n) is 4.69. The highest BCUT2D eigenvalue weighted by Gasteiger charge is 2.31. The first-order chi connectivity index (χ1) is 14.9. The lowest BCUT2D eigenvalue weighted by atomic mass is 10.1. The van der Waals surface area contributed by atoms with Crippen molar-refractivity contribution < 1.29 is 22.6 Å². The van der Waals surface area contributed by atoms with E-state index in [0.29, 0.717) is 44.4 Å². The molecular weight excluding hydrogens is 413 g/mol. The zero-order valence-electron chi connectivity index (χ0n) is 17.6. The van der Waals surface area contributed by atoms with Crippen molar-refractivity contribution in [2.45, 2.75) is 51.7 Å². The molecule has 8 nitrogen and oxygen atoms in total. The van der Waals surface area contributed by atoms with Crippen molar-refractivity contribution in [1.82, 2.24) is 25.4 Å². The summed E-state index contributed by atoms with van der Waals surface area (Å²) in [6.45, 7) is 4.29. The Labute approximate surface area is 178 Å². The van der Waals surface area contributed by atoms with Gasteiger partial charge in [-0.05, 0) is 37.5 Å². The minimum absolute atomic E-state index is 0.168. The number of methoxy groups -OCH3 is 1. The summed E-state index contributed by atoms with van der Waals surface area (Å²) < 4.78 is 47.6. The molecule has 0 saturated carbocycles. The van der Waals surface area contributed by atoms with Crippen LogP contribution < -0.4 is 15.4 Å². The molecule has 1 aromatic carbocycles. The molecule has 2 heterocycles. The number of benzene rings is 1. The Balaban J connectivity index is 1.53. The number of nitrogens with zero attached hydrogens (tertiary/aromatic N) is 4. The normalized spacial score (nSPS) is 16.7. The number of hydrogen-bond donors (Lipinski definition) is 2. The van der Waals surface area contributed by atoms with E-state index in [0.717, 1.165) is 24.2 Å². The van der Waals surface area contributed by atoms with Crippen LogP contribution in [0.25, 0.3) is 0 Å². The summed E-state index contributed by atoms with van der Waals surface area (Å²) in [5.74, 6) is 2.12. The van der Waals surface area contributed by atoms with Crippen LogP contribution in [-0.4, -0.2) is 53.3 Å². The Kier molecular flexibility index (Phi) is 7.72. The molecule has 31 heavy (non-hydrogen) atoms. The molecule has 1 aliphatic rings. The number of nitrogens with one attached hydrogen (secondary N) is 2. The first kappa shape index (κ1) is 22.9. The van der Waals surface area contributed by atoms with Crippen LogP contribution in [-0.2, 0) is 30.7 Å². The van der Waals surface area contributed by atoms with E-state index in [9.17, 15) is 13.2 Å². The standard InChI is InChI=1S/C20H27F3N6O2/c1-3-24-19(25-11-10-14-4-7-16(8-5-14)31-20(21,22)23)26-15-6-9-18-27-17(13-30-2)28-29(18)12-15/h4-5,7-8,15H,3,6,9-13H2,1-2H3,(H2,24,25,26). The van der Waals surface area contributed by atoms with Gasteiger partial charge < -0.3 is 20.1 Å². The SMILES string of the molecule is CCNC(=NCCc1ccc(OC(F)(F)F)cc1)NC1CCc2nc(COC)nn2C1. The Bertz CT molecular complexity index is 867. The molecule has 2 N–H and O–H groups in total. The minimum atomic E-state index is -4.68. The maximum Gasteiger partial charge on any atom is 0.573 e. The summed E-state index contributed by atoms with van der Waals surface area (Å²) in [5.41, 5.74) is 0.879. The van der Waals surface area contributed by atoms with Crippen molar-refractivity contribution >= 4 is 5.96 Å². The highest BCUT2D eigenvalue weighted by Crippen LogP contribution is 2.22. The molecule has 0 saturated heterocycles. The second-order valence-corrected chi connectivity index (χ2v) is 7.14. The molecule has 1 aliphatic heterocycles. The first-order valence-corrected chi connectivity index (χ1v) is 10.2. The Morgan fingerprint density at radius 2 is 2.06 bits per heavy atom. The third-order valence-corrected chi connectivity index (χ3v) is 4.69. The molecule has 0 spiro atoms. The van der Waals surface area contributed by atoms with Crippen LogP contribution in [0, 0.1) is 0 Å². The first-order valence-electron chi connectivity index (χ1n) is 10.2. The topological polar surface area (TPSA) is 85.6 Å². The van der Waals surface area contributed by atoms with Gasteiger partial charge in [-0.2, -0.15) is 5.10 Å². The van der Waals surface area contributed by atoms with Gasteiger partial charge in [0.1, 0.15) is 18.2 Å². The van der Waals surface area contributed by atoms with Gasteiger partial charge in [0.15, 0.2) is 11.8 Å². The average Bonchev–Trinajstić information content (AvgIpc) is 3.10. The average molecular weight is 440 g/mol. The monoisotopic (exact) mass is 440 g/mol. The summed E-state index contributed by atoms with van der Waals surface area (Å²) in [6.07, 6.45) is -2.35. The molecule has 11 heteroatoms. The van der Waals surface area contributed by atoms with Gasteiger partial charge >= 0.3 is 6.36 Å². The zero-order valence-corrected chi connectivity index (χ0v) is 17.6. The number of aryl methyl sites for hydroxylation is 1. The molecule has 0 bridgehead atoms. The van der Waals surface area contributed by atoms with Gasteiger partial charge in [-0.25, -0.2) is 9.67 Å². The van der Waals surface area contributed by atoms with E-state index in [-0.39, 0.29) is 11.8 Å². The zero-order chi connectivity index (χ0) is 22.3. The largest absolute Gasteiger partial charge is 0.573 e. The summed E-state index contributed by atoms with van der Waals surface area (Å²) in [7, 11) is 1.62. The molecule has 1 aromatic heterocycles. The van der Waals surface area contributed by atoms with E-state index in [4.69, 9.17) is 4.74 Å². The van der Waals surface area contributed by atoms with Crippen molar-refractivity contribution in [2.75, 3.05) is 20.2 Å². The van der Waals surface area contributed by atoms with E-state index in [1.54, 1.807) is 19.2 Å². The van der Waals surface area contributed by atoms with Gasteiger partial charge in [0.25, 0.3) is 0 Å². The van der Waals surface area contributed by atoms with Gasteiger partial charge in [-0.1, -0.05) is 12.1 Å². The minimum Gasteiger partial charge on any atom is -0.406 e. The van der Waals surface area contributed by atoms with Gasteiger partial charge in [0.2, 0.25) is 0 Å². The molecule has 0 fully saturated rings. The summed E-state index contributed by atoms with van der Waals surface area (Å²) in [4.78, 5) is 9.07. The number of rotatable bonds is 8. The van der Waals surface area contributed by atoms with Crippen LogP contribution in [0.1, 0.15) is 30.6 Å². The summed E-state index contributed by atoms with van der Waals surface area (Å²) in [6, 6.07) is 6.02. The van der Waals surface area contributed by atoms with Crippen molar-refractivity contribution in [3.8, 4) is 5.75 Å². The van der Waals surface area contributed by atoms with Crippen LogP contribution in [0.4, 0.5) is 13.2 Å². The lowest BCUT2D eigenvalue weighted by molar-refractivity contribution is -0.274. The van der Waals surface area contributed by atoms with Crippen LogP contribution in [0.15, 0.2) is 29.3 Å². The lowest BCUT2D eigenvalue weighted by Gasteiger charge is -2.25. The van der Waals surface area contributed by atoms with Gasteiger partial charge in [-0.3, -0.25) is 4.99 Å². The van der Waals surface area contributed by atoms with Crippen molar-refractivity contribution in [3.63, 3.8) is 0 Å². The Morgan fingerprint density at radius 3 is 2.74 bits per heavy atom. The Morgan fingerprint density at radius 1 is 1.29 bits per heavy atom. The van der Waals surface area contributed by atoms with Crippen LogP contribution in [0.3, 0.4) is 0 Å². The molecule has 0 amide bonds. The van der Waals surface area contributed by atoms with Gasteiger partial charge in [0, 0.05) is 32.7 Å². The van der Waals surface area contributed by atoms with E-state index < -0.39 is 6.36 Å². The molecule has 2 aromatic rings. The maximum atomic E-state index is 12.2. The molecule has 3 rings (SSSR count). The van der Waals surface area contributed by atoms with E-state index >= 15 is 0 Å². The molecule has 0 radical (unpaired) electrons. The van der Waals surface area contributed by atoms with E-state index in [1.807, 2.05) is 11.6 Å². The molecule has 0 aliphatic carbocycles.